The number of rotatable bonds is 1. The molecule has 1 aliphatic rings. The van der Waals surface area contributed by atoms with Gasteiger partial charge in [0.05, 0.1) is 16.2 Å². The summed E-state index contributed by atoms with van der Waals surface area (Å²) in [5.74, 6) is 0.786. The zero-order chi connectivity index (χ0) is 10.1. The Morgan fingerprint density at radius 3 is 2.50 bits per heavy atom. The molecule has 0 saturated heterocycles. The fraction of sp³-hybridized carbons (Fsp3) is 0.700. The van der Waals surface area contributed by atoms with E-state index in [2.05, 4.69) is 21.0 Å². The van der Waals surface area contributed by atoms with Crippen LogP contribution in [0.25, 0.3) is 0 Å². The van der Waals surface area contributed by atoms with Crippen LogP contribution in [0.1, 0.15) is 43.8 Å². The van der Waals surface area contributed by atoms with E-state index in [0.29, 0.717) is 6.04 Å². The van der Waals surface area contributed by atoms with E-state index in [4.69, 9.17) is 5.73 Å². The molecular weight excluding hydrogens is 242 g/mol. The van der Waals surface area contributed by atoms with Gasteiger partial charge in [-0.15, -0.1) is 0 Å². The van der Waals surface area contributed by atoms with E-state index in [9.17, 15) is 0 Å². The maximum Gasteiger partial charge on any atom is 0.136 e. The topological polar surface area (TPSA) is 43.8 Å². The van der Waals surface area contributed by atoms with Crippen molar-refractivity contribution in [2.24, 2.45) is 0 Å². The lowest BCUT2D eigenvalue weighted by Crippen LogP contribution is -2.16. The highest BCUT2D eigenvalue weighted by Gasteiger charge is 2.20. The van der Waals surface area contributed by atoms with Crippen molar-refractivity contribution in [1.29, 1.82) is 0 Å². The van der Waals surface area contributed by atoms with Gasteiger partial charge in [-0.05, 0) is 35.7 Å². The SMILES string of the molecule is Cc1nn(C2CCCCC2)c(N)c1Br. The molecule has 78 valence electrons. The molecule has 0 spiro atoms. The number of aromatic nitrogens is 2. The first-order chi connectivity index (χ1) is 6.70. The van der Waals surface area contributed by atoms with Crippen LogP contribution >= 0.6 is 15.9 Å². The molecule has 2 N–H and O–H groups in total. The molecule has 14 heavy (non-hydrogen) atoms. The summed E-state index contributed by atoms with van der Waals surface area (Å²) < 4.78 is 2.96. The molecule has 0 unspecified atom stereocenters. The summed E-state index contributed by atoms with van der Waals surface area (Å²) >= 11 is 3.46. The van der Waals surface area contributed by atoms with E-state index in [1.54, 1.807) is 0 Å². The average Bonchev–Trinajstić information content (AvgIpc) is 2.47. The van der Waals surface area contributed by atoms with Gasteiger partial charge >= 0.3 is 0 Å². The lowest BCUT2D eigenvalue weighted by atomic mass is 9.96. The van der Waals surface area contributed by atoms with E-state index < -0.39 is 0 Å². The number of halogens is 1. The second kappa shape index (κ2) is 3.93. The van der Waals surface area contributed by atoms with Crippen molar-refractivity contribution < 1.29 is 0 Å². The molecule has 0 aliphatic heterocycles. The zero-order valence-electron chi connectivity index (χ0n) is 8.46. The summed E-state index contributed by atoms with van der Waals surface area (Å²) in [5.41, 5.74) is 6.98. The summed E-state index contributed by atoms with van der Waals surface area (Å²) in [6.45, 7) is 1.99. The summed E-state index contributed by atoms with van der Waals surface area (Å²) in [6.07, 6.45) is 6.41. The maximum absolute atomic E-state index is 5.99. The molecule has 1 fully saturated rings. The second-order valence-corrected chi connectivity index (χ2v) is 4.81. The highest BCUT2D eigenvalue weighted by Crippen LogP contribution is 2.33. The highest BCUT2D eigenvalue weighted by atomic mass is 79.9. The number of nitrogens with zero attached hydrogens (tertiary/aromatic N) is 2. The van der Waals surface area contributed by atoms with Gasteiger partial charge in [-0.1, -0.05) is 19.3 Å². The van der Waals surface area contributed by atoms with Gasteiger partial charge in [0, 0.05) is 0 Å². The fourth-order valence-corrected chi connectivity index (χ4v) is 2.41. The van der Waals surface area contributed by atoms with Gasteiger partial charge < -0.3 is 5.73 Å². The van der Waals surface area contributed by atoms with Crippen molar-refractivity contribution in [1.82, 2.24) is 9.78 Å². The van der Waals surface area contributed by atoms with Crippen LogP contribution in [0.5, 0.6) is 0 Å². The van der Waals surface area contributed by atoms with E-state index in [-0.39, 0.29) is 0 Å². The number of hydrogen-bond acceptors (Lipinski definition) is 2. The van der Waals surface area contributed by atoms with Crippen molar-refractivity contribution in [2.75, 3.05) is 5.73 Å². The van der Waals surface area contributed by atoms with E-state index in [1.807, 2.05) is 11.6 Å². The summed E-state index contributed by atoms with van der Waals surface area (Å²) in [6, 6.07) is 0.522. The summed E-state index contributed by atoms with van der Waals surface area (Å²) in [7, 11) is 0. The molecule has 1 aromatic rings. The van der Waals surface area contributed by atoms with Crippen molar-refractivity contribution in [2.45, 2.75) is 45.1 Å². The molecule has 0 bridgehead atoms. The lowest BCUT2D eigenvalue weighted by molar-refractivity contribution is 0.332. The van der Waals surface area contributed by atoms with Crippen LogP contribution in [0.4, 0.5) is 5.82 Å². The van der Waals surface area contributed by atoms with Crippen molar-refractivity contribution in [3.05, 3.63) is 10.2 Å². The minimum absolute atomic E-state index is 0.522. The molecule has 0 aromatic carbocycles. The van der Waals surface area contributed by atoms with Gasteiger partial charge in [-0.25, -0.2) is 4.68 Å². The molecule has 1 heterocycles. The van der Waals surface area contributed by atoms with Gasteiger partial charge in [-0.2, -0.15) is 5.10 Å². The van der Waals surface area contributed by atoms with Gasteiger partial charge in [0.2, 0.25) is 0 Å². The van der Waals surface area contributed by atoms with Crippen LogP contribution < -0.4 is 5.73 Å². The maximum atomic E-state index is 5.99. The molecular formula is C10H16BrN3. The first-order valence-corrected chi connectivity index (χ1v) is 5.99. The van der Waals surface area contributed by atoms with Crippen LogP contribution in [0.15, 0.2) is 4.47 Å². The Labute approximate surface area is 92.8 Å². The van der Waals surface area contributed by atoms with Crippen LogP contribution in [0.3, 0.4) is 0 Å². The molecule has 1 aromatic heterocycles. The predicted octanol–water partition coefficient (Wildman–Crippen LogP) is 3.04. The van der Waals surface area contributed by atoms with Crippen LogP contribution in [0.2, 0.25) is 0 Å². The molecule has 0 radical (unpaired) electrons. The molecule has 0 amide bonds. The Balaban J connectivity index is 2.26. The zero-order valence-corrected chi connectivity index (χ0v) is 10.0. The van der Waals surface area contributed by atoms with E-state index in [1.165, 1.54) is 32.1 Å². The third kappa shape index (κ3) is 1.67. The quantitative estimate of drug-likeness (QED) is 0.841. The van der Waals surface area contributed by atoms with Crippen LogP contribution in [-0.4, -0.2) is 9.78 Å². The van der Waals surface area contributed by atoms with Gasteiger partial charge in [0.1, 0.15) is 5.82 Å². The highest BCUT2D eigenvalue weighted by molar-refractivity contribution is 9.10. The Morgan fingerprint density at radius 1 is 1.36 bits per heavy atom. The van der Waals surface area contributed by atoms with Gasteiger partial charge in [0.15, 0.2) is 0 Å². The number of anilines is 1. The Kier molecular flexibility index (Phi) is 2.81. The first-order valence-electron chi connectivity index (χ1n) is 5.20. The Morgan fingerprint density at radius 2 is 2.00 bits per heavy atom. The number of nitrogen functional groups attached to an aromatic ring is 1. The lowest BCUT2D eigenvalue weighted by Gasteiger charge is -2.22. The molecule has 1 saturated carbocycles. The van der Waals surface area contributed by atoms with Crippen LogP contribution in [-0.2, 0) is 0 Å². The minimum Gasteiger partial charge on any atom is -0.383 e. The van der Waals surface area contributed by atoms with Crippen LogP contribution in [0, 0.1) is 6.92 Å². The number of hydrogen-bond donors (Lipinski definition) is 1. The largest absolute Gasteiger partial charge is 0.383 e. The third-order valence-electron chi connectivity index (χ3n) is 2.97. The van der Waals surface area contributed by atoms with Gasteiger partial charge in [-0.3, -0.25) is 0 Å². The van der Waals surface area contributed by atoms with E-state index in [0.717, 1.165) is 16.0 Å². The summed E-state index contributed by atoms with van der Waals surface area (Å²) in [5, 5.41) is 4.48. The summed E-state index contributed by atoms with van der Waals surface area (Å²) in [4.78, 5) is 0. The molecule has 4 heteroatoms. The smallest absolute Gasteiger partial charge is 0.136 e. The first kappa shape index (κ1) is 10.0. The van der Waals surface area contributed by atoms with Crippen molar-refractivity contribution >= 4 is 21.7 Å². The third-order valence-corrected chi connectivity index (χ3v) is 3.95. The second-order valence-electron chi connectivity index (χ2n) is 4.02. The fourth-order valence-electron chi connectivity index (χ4n) is 2.15. The average molecular weight is 258 g/mol. The monoisotopic (exact) mass is 257 g/mol. The molecule has 1 aliphatic carbocycles. The normalized spacial score (nSPS) is 18.7. The van der Waals surface area contributed by atoms with Gasteiger partial charge in [0.25, 0.3) is 0 Å². The molecule has 3 nitrogen and oxygen atoms in total. The Bertz CT molecular complexity index is 326. The standard InChI is InChI=1S/C10H16BrN3/c1-7-9(11)10(12)14(13-7)8-5-3-2-4-6-8/h8H,2-6,12H2,1H3. The molecule has 2 rings (SSSR count). The number of nitrogens with two attached hydrogens (primary N) is 1. The molecule has 0 atom stereocenters. The van der Waals surface area contributed by atoms with Crippen molar-refractivity contribution in [3.8, 4) is 0 Å². The number of aryl methyl sites for hydroxylation is 1. The minimum atomic E-state index is 0.522. The predicted molar refractivity (Wildman–Crippen MR) is 61.2 cm³/mol. The van der Waals surface area contributed by atoms with Crippen molar-refractivity contribution in [3.63, 3.8) is 0 Å². The van der Waals surface area contributed by atoms with E-state index >= 15 is 0 Å². The Hall–Kier alpha value is -0.510.